The average Bonchev–Trinajstić information content (AvgIpc) is 2.94. The molecule has 4 atom stereocenters. The number of hydrogen-bond acceptors (Lipinski definition) is 9. The van der Waals surface area contributed by atoms with Gasteiger partial charge in [-0.1, -0.05) is 18.8 Å². The number of amides is 1. The van der Waals surface area contributed by atoms with Gasteiger partial charge in [-0.2, -0.15) is 0 Å². The van der Waals surface area contributed by atoms with Gasteiger partial charge in [0, 0.05) is 17.1 Å². The van der Waals surface area contributed by atoms with Crippen molar-refractivity contribution in [2.24, 2.45) is 17.6 Å². The number of benzene rings is 2. The number of rotatable bonds is 4. The van der Waals surface area contributed by atoms with E-state index in [0.29, 0.717) is 23.3 Å². The Morgan fingerprint density at radius 3 is 2.38 bits per heavy atom. The highest BCUT2D eigenvalue weighted by molar-refractivity contribution is 6.24. The number of ether oxygens (including phenoxy) is 1. The number of aliphatic hydroxyl groups is 3. The predicted molar refractivity (Wildman–Crippen MR) is 152 cm³/mol. The van der Waals surface area contributed by atoms with Crippen LogP contribution in [0, 0.1) is 23.7 Å². The maximum Gasteiger partial charge on any atom is 0.255 e. The number of phenolic OH excluding ortho intramolecular Hbond substituents is 1. The number of primary amides is 1. The molecule has 0 bridgehead atoms. The van der Waals surface area contributed by atoms with Crippen molar-refractivity contribution >= 4 is 17.5 Å². The summed E-state index contributed by atoms with van der Waals surface area (Å²) in [5.74, 6) is -0.254. The van der Waals surface area contributed by atoms with Crippen molar-refractivity contribution < 1.29 is 39.5 Å². The van der Waals surface area contributed by atoms with Crippen LogP contribution in [-0.2, 0) is 22.4 Å². The van der Waals surface area contributed by atoms with Gasteiger partial charge in [0.2, 0.25) is 5.78 Å². The Hall–Kier alpha value is -4.59. The first-order chi connectivity index (χ1) is 19.9. The fourth-order valence-corrected chi connectivity index (χ4v) is 6.62. The zero-order valence-corrected chi connectivity index (χ0v) is 23.7. The van der Waals surface area contributed by atoms with Gasteiger partial charge in [0.1, 0.15) is 28.6 Å². The van der Waals surface area contributed by atoms with E-state index in [1.165, 1.54) is 4.90 Å². The summed E-state index contributed by atoms with van der Waals surface area (Å²) in [6, 6.07) is 7.72. The number of methoxy groups -OCH3 is 1. The molecule has 0 spiro atoms. The van der Waals surface area contributed by atoms with Crippen LogP contribution in [0.4, 0.5) is 0 Å². The maximum absolute atomic E-state index is 14.0. The summed E-state index contributed by atoms with van der Waals surface area (Å²) in [6.07, 6.45) is 0.800. The van der Waals surface area contributed by atoms with Gasteiger partial charge in [0.15, 0.2) is 11.4 Å². The van der Waals surface area contributed by atoms with Gasteiger partial charge in [-0.05, 0) is 80.7 Å². The lowest BCUT2D eigenvalue weighted by atomic mass is 9.58. The molecule has 42 heavy (non-hydrogen) atoms. The summed E-state index contributed by atoms with van der Waals surface area (Å²) in [4.78, 5) is 41.2. The standard InChI is InChI=1S/C32H32N2O8/c1-5-16-12-17(9-6-15-7-10-19(42-4)11-8-15)26(35)23-20(16)13-18-14-21-25(34(2)3)28(37)24(31(33)40)30(39)32(21,41)29(38)22(18)27(23)36/h7-8,10-12,18,21,25,35,37-38,41H,5,13-14H2,1-4H3,(H2,33,40). The number of fused-ring (bicyclic) bond motifs is 3. The van der Waals surface area contributed by atoms with E-state index in [1.807, 2.05) is 6.92 Å². The largest absolute Gasteiger partial charge is 0.510 e. The Kier molecular flexibility index (Phi) is 7.13. The summed E-state index contributed by atoms with van der Waals surface area (Å²) in [5.41, 5.74) is 3.88. The van der Waals surface area contributed by atoms with Crippen molar-refractivity contribution in [2.75, 3.05) is 21.2 Å². The molecule has 10 nitrogen and oxygen atoms in total. The van der Waals surface area contributed by atoms with Gasteiger partial charge in [0.25, 0.3) is 5.91 Å². The normalized spacial score (nSPS) is 25.0. The third-order valence-corrected chi connectivity index (χ3v) is 8.63. The first-order valence-corrected chi connectivity index (χ1v) is 13.5. The van der Waals surface area contributed by atoms with E-state index < -0.39 is 58.0 Å². The van der Waals surface area contributed by atoms with Gasteiger partial charge >= 0.3 is 0 Å². The maximum atomic E-state index is 14.0. The van der Waals surface area contributed by atoms with E-state index in [9.17, 15) is 34.8 Å². The van der Waals surface area contributed by atoms with Crippen LogP contribution in [0.3, 0.4) is 0 Å². The van der Waals surface area contributed by atoms with E-state index in [-0.39, 0.29) is 35.3 Å². The van der Waals surface area contributed by atoms with Crippen LogP contribution >= 0.6 is 0 Å². The molecule has 1 amide bonds. The minimum Gasteiger partial charge on any atom is -0.510 e. The molecule has 4 unspecified atom stereocenters. The minimum absolute atomic E-state index is 0.0364. The number of ketones is 2. The van der Waals surface area contributed by atoms with E-state index >= 15 is 0 Å². The third kappa shape index (κ3) is 4.16. The minimum atomic E-state index is -2.68. The molecule has 2 aromatic carbocycles. The zero-order chi connectivity index (χ0) is 30.7. The second-order valence-corrected chi connectivity index (χ2v) is 11.1. The predicted octanol–water partition coefficient (Wildman–Crippen LogP) is 2.09. The van der Waals surface area contributed by atoms with Crippen LogP contribution in [0.1, 0.15) is 46.0 Å². The van der Waals surface area contributed by atoms with Gasteiger partial charge < -0.3 is 30.9 Å². The molecule has 0 saturated heterocycles. The third-order valence-electron chi connectivity index (χ3n) is 8.63. The van der Waals surface area contributed by atoms with Crippen LogP contribution in [0.2, 0.25) is 0 Å². The molecule has 0 fully saturated rings. The van der Waals surface area contributed by atoms with Crippen LogP contribution in [0.25, 0.3) is 0 Å². The number of nitrogens with zero attached hydrogens (tertiary/aromatic N) is 1. The fourth-order valence-electron chi connectivity index (χ4n) is 6.62. The number of carbonyl (C=O) groups excluding carboxylic acids is 3. The number of carbonyl (C=O) groups is 3. The van der Waals surface area contributed by atoms with Crippen LogP contribution in [-0.4, -0.2) is 75.6 Å². The van der Waals surface area contributed by atoms with Gasteiger partial charge in [0.05, 0.1) is 24.3 Å². The van der Waals surface area contributed by atoms with Gasteiger partial charge in [-0.3, -0.25) is 19.3 Å². The molecule has 0 aromatic heterocycles. The van der Waals surface area contributed by atoms with Crippen molar-refractivity contribution in [1.82, 2.24) is 4.90 Å². The Balaban J connectivity index is 1.66. The SMILES string of the molecule is CCc1cc(C#Cc2ccc(OC)cc2)c(O)c2c1CC1CC3C(N(C)C)C(O)=C(C(N)=O)C(=O)C3(O)C(O)=C1C2=O. The lowest BCUT2D eigenvalue weighted by Gasteiger charge is -2.50. The Morgan fingerprint density at radius 2 is 1.81 bits per heavy atom. The molecule has 3 aliphatic carbocycles. The first-order valence-electron chi connectivity index (χ1n) is 13.5. The summed E-state index contributed by atoms with van der Waals surface area (Å²) in [7, 11) is 4.74. The summed E-state index contributed by atoms with van der Waals surface area (Å²) in [5, 5.41) is 45.4. The lowest BCUT2D eigenvalue weighted by Crippen LogP contribution is -2.63. The van der Waals surface area contributed by atoms with Gasteiger partial charge in [-0.25, -0.2) is 0 Å². The number of likely N-dealkylation sites (N-methyl/N-ethyl adjacent to an activating group) is 1. The van der Waals surface area contributed by atoms with Crippen LogP contribution < -0.4 is 10.5 Å². The molecular weight excluding hydrogens is 540 g/mol. The molecule has 3 aliphatic rings. The van der Waals surface area contributed by atoms with E-state index in [2.05, 4.69) is 11.8 Å². The number of aryl methyl sites for hydroxylation is 1. The average molecular weight is 573 g/mol. The van der Waals surface area contributed by atoms with Crippen LogP contribution in [0.15, 0.2) is 53.0 Å². The van der Waals surface area contributed by atoms with E-state index in [0.717, 1.165) is 5.56 Å². The molecule has 10 heteroatoms. The molecule has 0 radical (unpaired) electrons. The Morgan fingerprint density at radius 1 is 1.14 bits per heavy atom. The molecule has 6 N–H and O–H groups in total. The second kappa shape index (κ2) is 10.4. The Labute approximate surface area is 242 Å². The zero-order valence-electron chi connectivity index (χ0n) is 23.7. The first kappa shape index (κ1) is 28.9. The van der Waals surface area contributed by atoms with Crippen molar-refractivity contribution in [3.05, 3.63) is 80.8 Å². The van der Waals surface area contributed by atoms with Crippen molar-refractivity contribution in [2.45, 2.75) is 37.8 Å². The molecule has 0 aliphatic heterocycles. The Bertz CT molecular complexity index is 1660. The number of allylic oxidation sites excluding steroid dienone is 1. The quantitative estimate of drug-likeness (QED) is 0.272. The summed E-state index contributed by atoms with van der Waals surface area (Å²) >= 11 is 0. The lowest BCUT2D eigenvalue weighted by molar-refractivity contribution is -0.148. The number of nitrogens with two attached hydrogens (primary N) is 1. The molecular formula is C32H32N2O8. The smallest absolute Gasteiger partial charge is 0.255 e. The molecule has 5 rings (SSSR count). The molecule has 0 heterocycles. The topological polar surface area (TPSA) is 171 Å². The number of hydrogen-bond donors (Lipinski definition) is 5. The second-order valence-electron chi connectivity index (χ2n) is 11.1. The highest BCUT2D eigenvalue weighted by Gasteiger charge is 2.63. The molecule has 218 valence electrons. The van der Waals surface area contributed by atoms with E-state index in [4.69, 9.17) is 10.5 Å². The summed E-state index contributed by atoms with van der Waals surface area (Å²) < 4.78 is 5.17. The fraction of sp³-hybridized carbons (Fsp3) is 0.344. The highest BCUT2D eigenvalue weighted by atomic mass is 16.5. The van der Waals surface area contributed by atoms with Crippen LogP contribution in [0.5, 0.6) is 11.5 Å². The van der Waals surface area contributed by atoms with Crippen molar-refractivity contribution in [3.63, 3.8) is 0 Å². The van der Waals surface area contributed by atoms with Crippen molar-refractivity contribution in [3.8, 4) is 23.3 Å². The number of phenols is 1. The summed E-state index contributed by atoms with van der Waals surface area (Å²) in [6.45, 7) is 1.91. The number of Topliss-reactive ketones (excluding diaryl/α,β-unsaturated/α-hetero) is 2. The number of aliphatic hydroxyl groups excluding tert-OH is 2. The van der Waals surface area contributed by atoms with Crippen molar-refractivity contribution in [1.29, 1.82) is 0 Å². The highest BCUT2D eigenvalue weighted by Crippen LogP contribution is 2.52. The number of aromatic hydroxyl groups is 1. The van der Waals surface area contributed by atoms with E-state index in [1.54, 1.807) is 51.5 Å². The molecule has 2 aromatic rings. The van der Waals surface area contributed by atoms with Gasteiger partial charge in [-0.15, -0.1) is 0 Å². The monoisotopic (exact) mass is 572 g/mol. The molecule has 0 saturated carbocycles.